The molecule has 3 aromatic heterocycles. The summed E-state index contributed by atoms with van der Waals surface area (Å²) < 4.78 is 1.53. The topological polar surface area (TPSA) is 104 Å². The minimum atomic E-state index is -0.510. The van der Waals surface area contributed by atoms with Crippen molar-refractivity contribution < 1.29 is 9.85 Å². The number of rotatable bonds is 2. The van der Waals surface area contributed by atoms with E-state index in [1.165, 1.54) is 28.9 Å². The maximum atomic E-state index is 10.8. The Kier molecular flexibility index (Phi) is 2.04. The van der Waals surface area contributed by atoms with Crippen LogP contribution in [0.25, 0.3) is 15.9 Å². The maximum absolute atomic E-state index is 10.8. The average Bonchev–Trinajstić information content (AvgIpc) is 2.91. The fourth-order valence-corrected chi connectivity index (χ4v) is 2.57. The third-order valence-corrected chi connectivity index (χ3v) is 3.51. The lowest BCUT2D eigenvalue weighted by Gasteiger charge is -1.94. The molecule has 0 saturated heterocycles. The first kappa shape index (κ1) is 10.6. The number of aromatic nitrogens is 2. The van der Waals surface area contributed by atoms with Gasteiger partial charge in [-0.15, -0.1) is 0 Å². The van der Waals surface area contributed by atoms with Crippen molar-refractivity contribution in [3.8, 4) is 0 Å². The summed E-state index contributed by atoms with van der Waals surface area (Å²) >= 11 is 0.937. The Morgan fingerprint density at radius 3 is 2.67 bits per heavy atom. The van der Waals surface area contributed by atoms with E-state index >= 15 is 0 Å². The first-order valence-electron chi connectivity index (χ1n) is 4.76. The molecule has 3 aromatic rings. The lowest BCUT2D eigenvalue weighted by Crippen LogP contribution is -1.89. The predicted octanol–water partition coefficient (Wildman–Crippen LogP) is 2.37. The van der Waals surface area contributed by atoms with E-state index in [9.17, 15) is 20.2 Å². The standard InChI is InChI=1S/C9H4N4O4S/c14-12(15)5-1-2-11-6-3-8(13(16)17)18-9(6)10-4-7(5)11/h1-4H. The second-order valence-corrected chi connectivity index (χ2v) is 4.51. The molecule has 0 N–H and O–H groups in total. The number of hydrogen-bond acceptors (Lipinski definition) is 6. The highest BCUT2D eigenvalue weighted by Gasteiger charge is 2.19. The molecule has 18 heavy (non-hydrogen) atoms. The van der Waals surface area contributed by atoms with Crippen molar-refractivity contribution in [2.75, 3.05) is 0 Å². The Balaban J connectivity index is 2.39. The van der Waals surface area contributed by atoms with Crippen molar-refractivity contribution in [2.45, 2.75) is 0 Å². The first-order valence-corrected chi connectivity index (χ1v) is 5.58. The Hall–Kier alpha value is -2.55. The van der Waals surface area contributed by atoms with Crippen LogP contribution in [0.3, 0.4) is 0 Å². The molecule has 0 aromatic carbocycles. The lowest BCUT2D eigenvalue weighted by atomic mass is 10.4. The van der Waals surface area contributed by atoms with Gasteiger partial charge >= 0.3 is 5.00 Å². The van der Waals surface area contributed by atoms with Gasteiger partial charge in [-0.25, -0.2) is 4.98 Å². The Bertz CT molecular complexity index is 805. The molecule has 8 nitrogen and oxygen atoms in total. The third kappa shape index (κ3) is 1.34. The molecule has 0 amide bonds. The fourth-order valence-electron chi connectivity index (χ4n) is 1.76. The van der Waals surface area contributed by atoms with E-state index in [1.54, 1.807) is 0 Å². The summed E-state index contributed by atoms with van der Waals surface area (Å²) in [6.07, 6.45) is 2.86. The zero-order valence-corrected chi connectivity index (χ0v) is 9.46. The van der Waals surface area contributed by atoms with Crippen molar-refractivity contribution in [3.05, 3.63) is 44.8 Å². The molecule has 9 heteroatoms. The molecule has 0 bridgehead atoms. The van der Waals surface area contributed by atoms with Gasteiger partial charge in [-0.05, 0) is 11.3 Å². The van der Waals surface area contributed by atoms with E-state index in [0.717, 1.165) is 11.3 Å². The molecule has 0 spiro atoms. The van der Waals surface area contributed by atoms with Crippen molar-refractivity contribution in [1.82, 2.24) is 9.38 Å². The van der Waals surface area contributed by atoms with E-state index < -0.39 is 9.85 Å². The second kappa shape index (κ2) is 3.47. The van der Waals surface area contributed by atoms with E-state index in [-0.39, 0.29) is 10.7 Å². The molecule has 0 atom stereocenters. The van der Waals surface area contributed by atoms with Crippen LogP contribution in [0.15, 0.2) is 24.5 Å². The normalized spacial score (nSPS) is 11.1. The minimum Gasteiger partial charge on any atom is -0.307 e. The van der Waals surface area contributed by atoms with Crippen LogP contribution in [0.1, 0.15) is 0 Å². The predicted molar refractivity (Wildman–Crippen MR) is 63.9 cm³/mol. The molecule has 0 aliphatic carbocycles. The van der Waals surface area contributed by atoms with Gasteiger partial charge in [-0.2, -0.15) is 0 Å². The van der Waals surface area contributed by atoms with Gasteiger partial charge in [0.25, 0.3) is 5.69 Å². The van der Waals surface area contributed by atoms with Gasteiger partial charge in [0, 0.05) is 12.3 Å². The van der Waals surface area contributed by atoms with Gasteiger partial charge in [0.05, 0.1) is 27.6 Å². The SMILES string of the molecule is O=[N+]([O-])c1cc2c(ncc3c([N+](=O)[O-])ccn32)s1. The molecule has 90 valence electrons. The summed E-state index contributed by atoms with van der Waals surface area (Å²) in [5.41, 5.74) is 0.746. The van der Waals surface area contributed by atoms with Gasteiger partial charge in [0.2, 0.25) is 0 Å². The summed E-state index contributed by atoms with van der Waals surface area (Å²) in [6.45, 7) is 0. The number of fused-ring (bicyclic) bond motifs is 3. The van der Waals surface area contributed by atoms with Crippen LogP contribution in [0, 0.1) is 20.2 Å². The van der Waals surface area contributed by atoms with E-state index in [2.05, 4.69) is 4.98 Å². The van der Waals surface area contributed by atoms with E-state index in [0.29, 0.717) is 15.9 Å². The van der Waals surface area contributed by atoms with Gasteiger partial charge in [0.1, 0.15) is 10.3 Å². The van der Waals surface area contributed by atoms with Crippen LogP contribution in [-0.4, -0.2) is 19.2 Å². The highest BCUT2D eigenvalue weighted by molar-refractivity contribution is 7.21. The largest absolute Gasteiger partial charge is 0.328 e. The molecule has 0 aliphatic rings. The summed E-state index contributed by atoms with van der Waals surface area (Å²) in [7, 11) is 0. The maximum Gasteiger partial charge on any atom is 0.328 e. The van der Waals surface area contributed by atoms with Crippen molar-refractivity contribution in [1.29, 1.82) is 0 Å². The number of thiophene rings is 1. The van der Waals surface area contributed by atoms with Gasteiger partial charge in [-0.1, -0.05) is 0 Å². The van der Waals surface area contributed by atoms with Crippen molar-refractivity contribution >= 4 is 37.9 Å². The zero-order valence-electron chi connectivity index (χ0n) is 8.64. The molecule has 3 heterocycles. The smallest absolute Gasteiger partial charge is 0.307 e. The summed E-state index contributed by atoms with van der Waals surface area (Å²) in [5, 5.41) is 21.4. The Labute approximate surface area is 102 Å². The highest BCUT2D eigenvalue weighted by atomic mass is 32.1. The Morgan fingerprint density at radius 1 is 1.22 bits per heavy atom. The Morgan fingerprint density at radius 2 is 2.00 bits per heavy atom. The highest BCUT2D eigenvalue weighted by Crippen LogP contribution is 2.32. The number of nitrogens with zero attached hydrogens (tertiary/aromatic N) is 4. The molecule has 0 radical (unpaired) electrons. The molecular formula is C9H4N4O4S. The fraction of sp³-hybridized carbons (Fsp3) is 0. The van der Waals surface area contributed by atoms with Crippen LogP contribution < -0.4 is 0 Å². The average molecular weight is 264 g/mol. The van der Waals surface area contributed by atoms with Gasteiger partial charge in [-0.3, -0.25) is 20.2 Å². The van der Waals surface area contributed by atoms with E-state index in [4.69, 9.17) is 0 Å². The van der Waals surface area contributed by atoms with Crippen molar-refractivity contribution in [2.24, 2.45) is 0 Å². The van der Waals surface area contributed by atoms with Crippen LogP contribution >= 0.6 is 11.3 Å². The van der Waals surface area contributed by atoms with Crippen LogP contribution in [0.5, 0.6) is 0 Å². The molecule has 0 fully saturated rings. The monoisotopic (exact) mass is 264 g/mol. The van der Waals surface area contributed by atoms with Gasteiger partial charge in [0.15, 0.2) is 0 Å². The van der Waals surface area contributed by atoms with Gasteiger partial charge < -0.3 is 4.40 Å². The van der Waals surface area contributed by atoms with Crippen LogP contribution in [0.4, 0.5) is 10.7 Å². The van der Waals surface area contributed by atoms with Crippen molar-refractivity contribution in [3.63, 3.8) is 0 Å². The molecule has 0 aliphatic heterocycles. The van der Waals surface area contributed by atoms with Crippen LogP contribution in [0.2, 0.25) is 0 Å². The first-order chi connectivity index (χ1) is 8.58. The quantitative estimate of drug-likeness (QED) is 0.522. The molecule has 0 unspecified atom stereocenters. The minimum absolute atomic E-state index is 0.0404. The second-order valence-electron chi connectivity index (χ2n) is 3.50. The van der Waals surface area contributed by atoms with E-state index in [1.807, 2.05) is 0 Å². The van der Waals surface area contributed by atoms with Crippen LogP contribution in [-0.2, 0) is 0 Å². The number of hydrogen-bond donors (Lipinski definition) is 0. The lowest BCUT2D eigenvalue weighted by molar-refractivity contribution is -0.383. The summed E-state index contributed by atoms with van der Waals surface area (Å²) in [5.74, 6) is 0. The molecule has 3 rings (SSSR count). The number of nitro groups is 2. The zero-order chi connectivity index (χ0) is 12.9. The third-order valence-electron chi connectivity index (χ3n) is 2.52. The molecular weight excluding hydrogens is 260 g/mol. The summed E-state index contributed by atoms with van der Waals surface area (Å²) in [6, 6.07) is 2.71. The molecule has 0 saturated carbocycles. The summed E-state index contributed by atoms with van der Waals surface area (Å²) in [4.78, 5) is 24.9.